The van der Waals surface area contributed by atoms with E-state index in [4.69, 9.17) is 10.7 Å². The Balaban J connectivity index is 2.03. The van der Waals surface area contributed by atoms with E-state index in [-0.39, 0.29) is 11.8 Å². The van der Waals surface area contributed by atoms with Crippen LogP contribution in [0.25, 0.3) is 0 Å². The SMILES string of the molecule is C[C@H](N)C(=O)NC1N=C(C2CCCCC2)c2ccccc2N(C)C1=O. The number of hydrogen-bond donors (Lipinski definition) is 2. The molecule has 134 valence electrons. The molecule has 3 N–H and O–H groups in total. The van der Waals surface area contributed by atoms with Gasteiger partial charge in [-0.05, 0) is 25.8 Å². The van der Waals surface area contributed by atoms with Gasteiger partial charge in [-0.25, -0.2) is 0 Å². The van der Waals surface area contributed by atoms with Crippen molar-refractivity contribution in [2.45, 2.75) is 51.2 Å². The molecule has 3 rings (SSSR count). The number of benzene rings is 1. The van der Waals surface area contributed by atoms with Gasteiger partial charge in [0, 0.05) is 18.5 Å². The molecule has 1 aromatic carbocycles. The molecule has 6 nitrogen and oxygen atoms in total. The monoisotopic (exact) mass is 342 g/mol. The van der Waals surface area contributed by atoms with Crippen molar-refractivity contribution in [3.8, 4) is 0 Å². The maximum absolute atomic E-state index is 12.9. The molecule has 2 aliphatic rings. The number of nitrogens with one attached hydrogen (secondary N) is 1. The predicted molar refractivity (Wildman–Crippen MR) is 98.5 cm³/mol. The van der Waals surface area contributed by atoms with Crippen LogP contribution in [-0.4, -0.2) is 36.8 Å². The molecule has 1 aromatic rings. The molecule has 1 fully saturated rings. The highest BCUT2D eigenvalue weighted by molar-refractivity contribution is 6.14. The molecule has 0 saturated heterocycles. The molecule has 1 heterocycles. The number of benzodiazepines with no additional fused rings is 1. The van der Waals surface area contributed by atoms with Crippen LogP contribution in [0.5, 0.6) is 0 Å². The molecule has 0 radical (unpaired) electrons. The van der Waals surface area contributed by atoms with Crippen molar-refractivity contribution in [2.75, 3.05) is 11.9 Å². The second kappa shape index (κ2) is 7.35. The lowest BCUT2D eigenvalue weighted by molar-refractivity contribution is -0.127. The second-order valence-corrected chi connectivity index (χ2v) is 6.96. The third-order valence-corrected chi connectivity index (χ3v) is 5.06. The van der Waals surface area contributed by atoms with Crippen LogP contribution in [0.15, 0.2) is 29.3 Å². The summed E-state index contributed by atoms with van der Waals surface area (Å²) in [5, 5.41) is 2.70. The van der Waals surface area contributed by atoms with Crippen molar-refractivity contribution < 1.29 is 9.59 Å². The number of hydrogen-bond acceptors (Lipinski definition) is 4. The first-order valence-corrected chi connectivity index (χ1v) is 8.99. The Morgan fingerprint density at radius 1 is 1.28 bits per heavy atom. The minimum Gasteiger partial charge on any atom is -0.325 e. The Bertz CT molecular complexity index is 692. The van der Waals surface area contributed by atoms with Gasteiger partial charge < -0.3 is 16.0 Å². The molecule has 1 aliphatic carbocycles. The Kier molecular flexibility index (Phi) is 5.18. The summed E-state index contributed by atoms with van der Waals surface area (Å²) in [6.07, 6.45) is 4.81. The van der Waals surface area contributed by atoms with Gasteiger partial charge in [0.05, 0.1) is 17.4 Å². The average molecular weight is 342 g/mol. The van der Waals surface area contributed by atoms with E-state index in [9.17, 15) is 9.59 Å². The number of rotatable bonds is 3. The van der Waals surface area contributed by atoms with Crippen molar-refractivity contribution in [1.29, 1.82) is 0 Å². The number of anilines is 1. The number of nitrogens with zero attached hydrogens (tertiary/aromatic N) is 2. The average Bonchev–Trinajstić information content (AvgIpc) is 2.73. The van der Waals surface area contributed by atoms with Gasteiger partial charge in [-0.2, -0.15) is 0 Å². The fraction of sp³-hybridized carbons (Fsp3) is 0.526. The first kappa shape index (κ1) is 17.6. The highest BCUT2D eigenvalue weighted by Gasteiger charge is 2.33. The standard InChI is InChI=1S/C19H26N4O2/c1-12(20)18(24)22-17-19(25)23(2)15-11-7-6-10-14(15)16(21-17)13-8-4-3-5-9-13/h6-7,10-13,17H,3-5,8-9,20H2,1-2H3,(H,22,24)/t12-,17?/m0/s1. The molecule has 2 amide bonds. The summed E-state index contributed by atoms with van der Waals surface area (Å²) < 4.78 is 0. The summed E-state index contributed by atoms with van der Waals surface area (Å²) in [6.45, 7) is 1.60. The predicted octanol–water partition coefficient (Wildman–Crippen LogP) is 1.82. The Morgan fingerprint density at radius 3 is 2.64 bits per heavy atom. The molecule has 1 unspecified atom stereocenters. The van der Waals surface area contributed by atoms with Gasteiger partial charge in [0.2, 0.25) is 12.1 Å². The number of carbonyl (C=O) groups excluding carboxylic acids is 2. The summed E-state index contributed by atoms with van der Waals surface area (Å²) in [6, 6.07) is 7.15. The normalized spacial score (nSPS) is 22.7. The lowest BCUT2D eigenvalue weighted by Crippen LogP contribution is -2.50. The fourth-order valence-corrected chi connectivity index (χ4v) is 3.61. The van der Waals surface area contributed by atoms with Crippen LogP contribution in [0, 0.1) is 5.92 Å². The Labute approximate surface area is 148 Å². The van der Waals surface area contributed by atoms with Crippen molar-refractivity contribution >= 4 is 23.2 Å². The van der Waals surface area contributed by atoms with E-state index in [0.717, 1.165) is 29.8 Å². The highest BCUT2D eigenvalue weighted by atomic mass is 16.2. The summed E-state index contributed by atoms with van der Waals surface area (Å²) in [5.41, 5.74) is 8.41. The minimum absolute atomic E-state index is 0.243. The van der Waals surface area contributed by atoms with Crippen LogP contribution in [0.2, 0.25) is 0 Å². The van der Waals surface area contributed by atoms with E-state index >= 15 is 0 Å². The zero-order chi connectivity index (χ0) is 18.0. The van der Waals surface area contributed by atoms with Gasteiger partial charge in [0.25, 0.3) is 5.91 Å². The molecule has 25 heavy (non-hydrogen) atoms. The van der Waals surface area contributed by atoms with E-state index in [0.29, 0.717) is 5.92 Å². The summed E-state index contributed by atoms with van der Waals surface area (Å²) in [5.74, 6) is -0.291. The number of carbonyl (C=O) groups is 2. The lowest BCUT2D eigenvalue weighted by Gasteiger charge is -2.25. The van der Waals surface area contributed by atoms with E-state index in [1.807, 2.05) is 24.3 Å². The molecular weight excluding hydrogens is 316 g/mol. The smallest absolute Gasteiger partial charge is 0.272 e. The Morgan fingerprint density at radius 2 is 1.96 bits per heavy atom. The molecule has 1 saturated carbocycles. The van der Waals surface area contributed by atoms with Crippen LogP contribution in [0.1, 0.15) is 44.6 Å². The minimum atomic E-state index is -0.923. The molecular formula is C19H26N4O2. The first-order chi connectivity index (χ1) is 12.0. The van der Waals surface area contributed by atoms with Gasteiger partial charge in [0.1, 0.15) is 0 Å². The number of para-hydroxylation sites is 1. The molecule has 1 aliphatic heterocycles. The second-order valence-electron chi connectivity index (χ2n) is 6.96. The van der Waals surface area contributed by atoms with Gasteiger partial charge in [0.15, 0.2) is 0 Å². The number of nitrogens with two attached hydrogens (primary N) is 1. The third kappa shape index (κ3) is 3.58. The van der Waals surface area contributed by atoms with E-state index in [1.54, 1.807) is 18.9 Å². The van der Waals surface area contributed by atoms with Gasteiger partial charge in [-0.15, -0.1) is 0 Å². The summed E-state index contributed by atoms with van der Waals surface area (Å²) in [4.78, 5) is 31.2. The van der Waals surface area contributed by atoms with Crippen LogP contribution in [0.3, 0.4) is 0 Å². The molecule has 2 atom stereocenters. The van der Waals surface area contributed by atoms with Crippen LogP contribution >= 0.6 is 0 Å². The molecule has 0 aromatic heterocycles. The number of amides is 2. The van der Waals surface area contributed by atoms with Gasteiger partial charge in [-0.3, -0.25) is 14.6 Å². The maximum atomic E-state index is 12.9. The van der Waals surface area contributed by atoms with Gasteiger partial charge in [-0.1, -0.05) is 37.5 Å². The largest absolute Gasteiger partial charge is 0.325 e. The number of aliphatic imine (C=N–C) groups is 1. The van der Waals surface area contributed by atoms with Gasteiger partial charge >= 0.3 is 0 Å². The quantitative estimate of drug-likeness (QED) is 0.878. The first-order valence-electron chi connectivity index (χ1n) is 8.99. The van der Waals surface area contributed by atoms with Crippen LogP contribution in [0.4, 0.5) is 5.69 Å². The van der Waals surface area contributed by atoms with Crippen molar-refractivity contribution in [3.05, 3.63) is 29.8 Å². The lowest BCUT2D eigenvalue weighted by atomic mass is 9.83. The molecule has 0 spiro atoms. The number of fused-ring (bicyclic) bond motifs is 1. The van der Waals surface area contributed by atoms with E-state index < -0.39 is 12.2 Å². The summed E-state index contributed by atoms with van der Waals surface area (Å²) >= 11 is 0. The maximum Gasteiger partial charge on any atom is 0.272 e. The van der Waals surface area contributed by atoms with E-state index in [2.05, 4.69) is 5.32 Å². The zero-order valence-electron chi connectivity index (χ0n) is 14.9. The number of likely N-dealkylation sites (N-methyl/N-ethyl adjacent to an activating group) is 1. The molecule has 0 bridgehead atoms. The van der Waals surface area contributed by atoms with E-state index in [1.165, 1.54) is 19.3 Å². The fourth-order valence-electron chi connectivity index (χ4n) is 3.61. The zero-order valence-corrected chi connectivity index (χ0v) is 14.9. The van der Waals surface area contributed by atoms with Crippen LogP contribution < -0.4 is 16.0 Å². The topological polar surface area (TPSA) is 87.8 Å². The Hall–Kier alpha value is -2.21. The van der Waals surface area contributed by atoms with Crippen molar-refractivity contribution in [3.63, 3.8) is 0 Å². The van der Waals surface area contributed by atoms with Crippen LogP contribution in [-0.2, 0) is 9.59 Å². The highest BCUT2D eigenvalue weighted by Crippen LogP contribution is 2.33. The third-order valence-electron chi connectivity index (χ3n) is 5.06. The summed E-state index contributed by atoms with van der Waals surface area (Å²) in [7, 11) is 1.73. The van der Waals surface area contributed by atoms with Crippen molar-refractivity contribution in [1.82, 2.24) is 5.32 Å². The van der Waals surface area contributed by atoms with Crippen molar-refractivity contribution in [2.24, 2.45) is 16.6 Å². The molecule has 6 heteroatoms.